The number of hydrogen-bond acceptors (Lipinski definition) is 4. The molecule has 0 radical (unpaired) electrons. The van der Waals surface area contributed by atoms with Gasteiger partial charge in [0, 0.05) is 32.0 Å². The second-order valence-corrected chi connectivity index (χ2v) is 4.29. The highest BCUT2D eigenvalue weighted by atomic mass is 15.2. The van der Waals surface area contributed by atoms with Crippen LogP contribution in [0.2, 0.25) is 0 Å². The Morgan fingerprint density at radius 2 is 1.79 bits per heavy atom. The minimum atomic E-state index is 0.787. The smallest absolute Gasteiger partial charge is 0.128 e. The lowest BCUT2D eigenvalue weighted by molar-refractivity contribution is 0.846. The first kappa shape index (κ1) is 13.3. The van der Waals surface area contributed by atoms with Crippen LogP contribution >= 0.6 is 0 Å². The fourth-order valence-electron chi connectivity index (χ4n) is 1.93. The minimum absolute atomic E-state index is 0.787. The molecule has 0 amide bonds. The van der Waals surface area contributed by atoms with Gasteiger partial charge in [-0.2, -0.15) is 0 Å². The monoisotopic (exact) mass is 256 g/mol. The Bertz CT molecular complexity index is 477. The Morgan fingerprint density at radius 3 is 2.37 bits per heavy atom. The van der Waals surface area contributed by atoms with E-state index in [4.69, 9.17) is 0 Å². The number of rotatable bonds is 6. The van der Waals surface area contributed by atoms with Crippen molar-refractivity contribution in [2.75, 3.05) is 23.3 Å². The number of anilines is 2. The molecule has 0 aliphatic heterocycles. The molecule has 19 heavy (non-hydrogen) atoms. The van der Waals surface area contributed by atoms with Gasteiger partial charge in [0.05, 0.1) is 11.9 Å². The van der Waals surface area contributed by atoms with Crippen LogP contribution in [0.25, 0.3) is 0 Å². The van der Waals surface area contributed by atoms with Crippen molar-refractivity contribution in [3.05, 3.63) is 48.4 Å². The van der Waals surface area contributed by atoms with Gasteiger partial charge < -0.3 is 10.2 Å². The van der Waals surface area contributed by atoms with Gasteiger partial charge in [-0.25, -0.2) is 4.98 Å². The highest BCUT2D eigenvalue weighted by Gasteiger charge is 2.02. The summed E-state index contributed by atoms with van der Waals surface area (Å²) in [6, 6.07) is 8.14. The molecule has 4 heteroatoms. The zero-order chi connectivity index (χ0) is 13.5. The molecule has 0 unspecified atom stereocenters. The second-order valence-electron chi connectivity index (χ2n) is 4.29. The molecule has 0 aliphatic rings. The van der Waals surface area contributed by atoms with E-state index in [1.54, 1.807) is 12.4 Å². The van der Waals surface area contributed by atoms with Crippen LogP contribution in [0.1, 0.15) is 19.4 Å². The number of nitrogens with one attached hydrogen (secondary N) is 1. The predicted molar refractivity (Wildman–Crippen MR) is 79.4 cm³/mol. The first-order valence-electron chi connectivity index (χ1n) is 6.67. The van der Waals surface area contributed by atoms with E-state index in [1.165, 1.54) is 5.56 Å². The summed E-state index contributed by atoms with van der Waals surface area (Å²) in [5, 5.41) is 3.35. The summed E-state index contributed by atoms with van der Waals surface area (Å²) in [6.07, 6.45) is 5.49. The first-order chi connectivity index (χ1) is 9.33. The van der Waals surface area contributed by atoms with E-state index in [2.05, 4.69) is 46.2 Å². The fourth-order valence-corrected chi connectivity index (χ4v) is 1.93. The summed E-state index contributed by atoms with van der Waals surface area (Å²) >= 11 is 0. The number of aromatic nitrogens is 2. The molecule has 0 aromatic carbocycles. The molecule has 2 heterocycles. The van der Waals surface area contributed by atoms with Gasteiger partial charge in [0.2, 0.25) is 0 Å². The van der Waals surface area contributed by atoms with E-state index in [1.807, 2.05) is 18.3 Å². The normalized spacial score (nSPS) is 10.2. The van der Waals surface area contributed by atoms with Crippen molar-refractivity contribution in [3.63, 3.8) is 0 Å². The van der Waals surface area contributed by atoms with Crippen LogP contribution in [-0.4, -0.2) is 23.1 Å². The van der Waals surface area contributed by atoms with Gasteiger partial charge in [-0.15, -0.1) is 0 Å². The van der Waals surface area contributed by atoms with E-state index >= 15 is 0 Å². The third-order valence-electron chi connectivity index (χ3n) is 3.08. The van der Waals surface area contributed by atoms with Crippen molar-refractivity contribution in [3.8, 4) is 0 Å². The molecule has 100 valence electrons. The van der Waals surface area contributed by atoms with Crippen molar-refractivity contribution in [1.29, 1.82) is 0 Å². The Labute approximate surface area is 114 Å². The van der Waals surface area contributed by atoms with E-state index in [0.717, 1.165) is 31.1 Å². The van der Waals surface area contributed by atoms with Crippen molar-refractivity contribution >= 4 is 11.5 Å². The van der Waals surface area contributed by atoms with Crippen molar-refractivity contribution in [2.45, 2.75) is 20.4 Å². The lowest BCUT2D eigenvalue weighted by Gasteiger charge is -2.19. The quantitative estimate of drug-likeness (QED) is 0.862. The molecule has 0 spiro atoms. The van der Waals surface area contributed by atoms with E-state index < -0.39 is 0 Å². The van der Waals surface area contributed by atoms with Crippen LogP contribution < -0.4 is 10.2 Å². The number of nitrogens with zero attached hydrogens (tertiary/aromatic N) is 3. The molecular formula is C15H20N4. The van der Waals surface area contributed by atoms with Gasteiger partial charge >= 0.3 is 0 Å². The standard InChI is InChI=1S/C15H20N4/c1-3-19(4-2)15-6-5-14(12-18-15)17-11-13-7-9-16-10-8-13/h5-10,12,17H,3-4,11H2,1-2H3. The summed E-state index contributed by atoms with van der Waals surface area (Å²) in [5.74, 6) is 1.03. The summed E-state index contributed by atoms with van der Waals surface area (Å²) < 4.78 is 0. The van der Waals surface area contributed by atoms with Crippen LogP contribution in [-0.2, 0) is 6.54 Å². The van der Waals surface area contributed by atoms with Gasteiger partial charge in [0.15, 0.2) is 0 Å². The molecule has 2 aromatic heterocycles. The van der Waals surface area contributed by atoms with Crippen LogP contribution in [0, 0.1) is 0 Å². The fraction of sp³-hybridized carbons (Fsp3) is 0.333. The lowest BCUT2D eigenvalue weighted by atomic mass is 10.2. The Morgan fingerprint density at radius 1 is 1.05 bits per heavy atom. The molecule has 2 aromatic rings. The third kappa shape index (κ3) is 3.68. The molecule has 0 saturated carbocycles. The summed E-state index contributed by atoms with van der Waals surface area (Å²) in [7, 11) is 0. The number of hydrogen-bond donors (Lipinski definition) is 1. The Kier molecular flexibility index (Phi) is 4.72. The largest absolute Gasteiger partial charge is 0.380 e. The summed E-state index contributed by atoms with van der Waals surface area (Å²) in [4.78, 5) is 10.7. The first-order valence-corrected chi connectivity index (χ1v) is 6.67. The van der Waals surface area contributed by atoms with E-state index in [0.29, 0.717) is 0 Å². The van der Waals surface area contributed by atoms with Crippen molar-refractivity contribution in [2.24, 2.45) is 0 Å². The molecule has 0 aliphatic carbocycles. The van der Waals surface area contributed by atoms with Crippen LogP contribution in [0.4, 0.5) is 11.5 Å². The van der Waals surface area contributed by atoms with Gasteiger partial charge in [-0.3, -0.25) is 4.98 Å². The molecule has 0 fully saturated rings. The zero-order valence-corrected chi connectivity index (χ0v) is 11.5. The number of pyridine rings is 2. The zero-order valence-electron chi connectivity index (χ0n) is 11.5. The molecule has 0 atom stereocenters. The summed E-state index contributed by atoms with van der Waals surface area (Å²) in [5.41, 5.74) is 2.25. The molecule has 1 N–H and O–H groups in total. The Balaban J connectivity index is 1.95. The SMILES string of the molecule is CCN(CC)c1ccc(NCc2ccncc2)cn1. The lowest BCUT2D eigenvalue weighted by Crippen LogP contribution is -2.22. The molecule has 0 bridgehead atoms. The van der Waals surface area contributed by atoms with Gasteiger partial charge in [0.1, 0.15) is 5.82 Å². The third-order valence-corrected chi connectivity index (χ3v) is 3.08. The maximum absolute atomic E-state index is 4.48. The van der Waals surface area contributed by atoms with Crippen molar-refractivity contribution < 1.29 is 0 Å². The molecule has 4 nitrogen and oxygen atoms in total. The molecule has 0 saturated heterocycles. The van der Waals surface area contributed by atoms with E-state index in [9.17, 15) is 0 Å². The van der Waals surface area contributed by atoms with Crippen LogP contribution in [0.3, 0.4) is 0 Å². The van der Waals surface area contributed by atoms with Gasteiger partial charge in [0.25, 0.3) is 0 Å². The molecular weight excluding hydrogens is 236 g/mol. The van der Waals surface area contributed by atoms with Gasteiger partial charge in [-0.05, 0) is 43.7 Å². The highest BCUT2D eigenvalue weighted by molar-refractivity contribution is 5.48. The topological polar surface area (TPSA) is 41.0 Å². The van der Waals surface area contributed by atoms with Gasteiger partial charge in [-0.1, -0.05) is 0 Å². The summed E-state index contributed by atoms with van der Waals surface area (Å²) in [6.45, 7) is 7.02. The Hall–Kier alpha value is -2.10. The second kappa shape index (κ2) is 6.73. The average molecular weight is 256 g/mol. The average Bonchev–Trinajstić information content (AvgIpc) is 2.49. The van der Waals surface area contributed by atoms with E-state index in [-0.39, 0.29) is 0 Å². The van der Waals surface area contributed by atoms with Crippen LogP contribution in [0.5, 0.6) is 0 Å². The highest BCUT2D eigenvalue weighted by Crippen LogP contribution is 2.14. The minimum Gasteiger partial charge on any atom is -0.380 e. The van der Waals surface area contributed by atoms with Crippen LogP contribution in [0.15, 0.2) is 42.9 Å². The molecule has 2 rings (SSSR count). The van der Waals surface area contributed by atoms with Crippen molar-refractivity contribution in [1.82, 2.24) is 9.97 Å². The predicted octanol–water partition coefficient (Wildman–Crippen LogP) is 2.93. The maximum atomic E-state index is 4.48. The maximum Gasteiger partial charge on any atom is 0.128 e.